The highest BCUT2D eigenvalue weighted by Crippen LogP contribution is 2.44. The molecule has 0 aromatic heterocycles. The molecule has 3 fully saturated rings. The lowest BCUT2D eigenvalue weighted by Crippen LogP contribution is -2.54. The lowest BCUT2D eigenvalue weighted by molar-refractivity contribution is -0.253. The molecule has 92 heavy (non-hydrogen) atoms. The van der Waals surface area contributed by atoms with Crippen LogP contribution in [0.3, 0.4) is 0 Å². The van der Waals surface area contributed by atoms with Crippen LogP contribution in [0.4, 0.5) is 88.6 Å². The van der Waals surface area contributed by atoms with Gasteiger partial charge in [-0.1, -0.05) is 111 Å². The van der Waals surface area contributed by atoms with Gasteiger partial charge in [0.2, 0.25) is 0 Å². The molecule has 27 heteroatoms. The second-order valence-corrected chi connectivity index (χ2v) is 22.6. The number of rotatable bonds is 19. The summed E-state index contributed by atoms with van der Waals surface area (Å²) in [6.45, 7) is 0. The number of hydrogen-bond donors (Lipinski definition) is 4. The Hall–Kier alpha value is -7.84. The van der Waals surface area contributed by atoms with Crippen molar-refractivity contribution in [2.75, 3.05) is 14.1 Å². The maximum atomic E-state index is 15.0. The van der Waals surface area contributed by atoms with E-state index < -0.39 is 118 Å². The van der Waals surface area contributed by atoms with Crippen LogP contribution in [0.2, 0.25) is 0 Å². The minimum absolute atomic E-state index is 0.232. The first-order valence-electron chi connectivity index (χ1n) is 29.2. The first kappa shape index (κ1) is 71.6. The Morgan fingerprint density at radius 3 is 1.24 bits per heavy atom. The molecular formula is C65H65F18N5O4. The third-order valence-electron chi connectivity index (χ3n) is 16.2. The topological polar surface area (TPSA) is 104 Å². The van der Waals surface area contributed by atoms with Crippen LogP contribution in [-0.2, 0) is 36.3 Å². The number of alkyl halides is 14. The summed E-state index contributed by atoms with van der Waals surface area (Å²) in [5.74, 6) is -7.96. The van der Waals surface area contributed by atoms with Gasteiger partial charge in [0.1, 0.15) is 34.8 Å². The summed E-state index contributed by atoms with van der Waals surface area (Å²) in [6, 6.07) is 21.9. The van der Waals surface area contributed by atoms with Crippen molar-refractivity contribution in [1.29, 1.82) is 0 Å². The van der Waals surface area contributed by atoms with Crippen LogP contribution >= 0.6 is 0 Å². The van der Waals surface area contributed by atoms with Gasteiger partial charge in [0.05, 0.1) is 22.2 Å². The van der Waals surface area contributed by atoms with Gasteiger partial charge in [0, 0.05) is 50.1 Å². The highest BCUT2D eigenvalue weighted by atomic mass is 19.4. The van der Waals surface area contributed by atoms with Crippen LogP contribution in [0.5, 0.6) is 11.5 Å². The monoisotopic (exact) mass is 1320 g/mol. The number of ether oxygens (including phenoxy) is 2. The van der Waals surface area contributed by atoms with Crippen LogP contribution in [0.1, 0.15) is 122 Å². The fraction of sp³-hybridized carbons (Fsp3) is 0.415. The van der Waals surface area contributed by atoms with E-state index in [9.17, 15) is 88.6 Å². The molecule has 6 aromatic carbocycles. The molecule has 4 N–H and O–H groups in total. The molecule has 500 valence electrons. The third kappa shape index (κ3) is 18.5. The molecule has 0 saturated heterocycles. The molecule has 4 amide bonds. The van der Waals surface area contributed by atoms with Crippen molar-refractivity contribution in [3.05, 3.63) is 201 Å². The zero-order valence-electron chi connectivity index (χ0n) is 49.4. The highest BCUT2D eigenvalue weighted by molar-refractivity contribution is 5.77. The van der Waals surface area contributed by atoms with Crippen LogP contribution in [0.15, 0.2) is 133 Å². The first-order valence-corrected chi connectivity index (χ1v) is 29.2. The molecule has 6 aromatic rings. The second-order valence-electron chi connectivity index (χ2n) is 22.6. The third-order valence-corrected chi connectivity index (χ3v) is 16.2. The van der Waals surface area contributed by atoms with Crippen molar-refractivity contribution in [2.24, 2.45) is 0 Å². The Balaban J connectivity index is 0.000000235. The number of halogens is 18. The molecule has 0 radical (unpaired) electrons. The van der Waals surface area contributed by atoms with E-state index >= 15 is 0 Å². The summed E-state index contributed by atoms with van der Waals surface area (Å²) < 4.78 is 257. The number of amides is 4. The number of urea groups is 2. The predicted molar refractivity (Wildman–Crippen MR) is 304 cm³/mol. The van der Waals surface area contributed by atoms with Gasteiger partial charge in [0.25, 0.3) is 0 Å². The quantitative estimate of drug-likeness (QED) is 0.0605. The molecule has 3 saturated carbocycles. The van der Waals surface area contributed by atoms with Gasteiger partial charge in [-0.2, -0.15) is 61.5 Å². The zero-order chi connectivity index (χ0) is 67.4. The maximum Gasteiger partial charge on any atom is 0.461 e. The fourth-order valence-corrected chi connectivity index (χ4v) is 11.5. The molecule has 0 spiro atoms. The number of benzene rings is 6. The molecule has 9 nitrogen and oxygen atoms in total. The van der Waals surface area contributed by atoms with E-state index in [1.165, 1.54) is 37.6 Å². The number of carbonyl (C=O) groups is 2. The Kier molecular flexibility index (Phi) is 23.6. The molecule has 9 rings (SSSR count). The normalized spacial score (nSPS) is 16.4. The van der Waals surface area contributed by atoms with E-state index in [1.807, 2.05) is 0 Å². The van der Waals surface area contributed by atoms with Crippen LogP contribution in [0, 0.1) is 23.3 Å². The smallest absolute Gasteiger partial charge is 0.428 e. The molecular weight excluding hydrogens is 1260 g/mol. The predicted octanol–water partition coefficient (Wildman–Crippen LogP) is 17.4. The van der Waals surface area contributed by atoms with Gasteiger partial charge in [0.15, 0.2) is 0 Å². The van der Waals surface area contributed by atoms with Crippen LogP contribution in [0.25, 0.3) is 0 Å². The molecule has 3 aliphatic carbocycles. The second kappa shape index (κ2) is 30.3. The van der Waals surface area contributed by atoms with E-state index in [4.69, 9.17) is 0 Å². The van der Waals surface area contributed by atoms with Crippen molar-refractivity contribution in [3.63, 3.8) is 0 Å². The summed E-state index contributed by atoms with van der Waals surface area (Å²) in [7, 11) is 3.52. The lowest BCUT2D eigenvalue weighted by atomic mass is 9.77. The van der Waals surface area contributed by atoms with Gasteiger partial charge in [-0.25, -0.2) is 27.2 Å². The maximum absolute atomic E-state index is 15.0. The Bertz CT molecular complexity index is 3400. The molecule has 2 atom stereocenters. The number of nitrogens with zero attached hydrogens (tertiary/aromatic N) is 1. The van der Waals surface area contributed by atoms with Gasteiger partial charge >= 0.3 is 49.5 Å². The van der Waals surface area contributed by atoms with Gasteiger partial charge < -0.3 is 35.6 Å². The van der Waals surface area contributed by atoms with Crippen molar-refractivity contribution in [2.45, 2.75) is 157 Å². The van der Waals surface area contributed by atoms with Crippen molar-refractivity contribution < 1.29 is 98.1 Å². The van der Waals surface area contributed by atoms with Crippen LogP contribution < -0.4 is 30.7 Å². The average Bonchev–Trinajstić information content (AvgIpc) is 1.37. The van der Waals surface area contributed by atoms with E-state index in [2.05, 4.69) is 37.8 Å². The minimum Gasteiger partial charge on any atom is -0.428 e. The lowest BCUT2D eigenvalue weighted by Gasteiger charge is -2.39. The fourth-order valence-electron chi connectivity index (χ4n) is 11.5. The molecule has 0 aliphatic heterocycles. The number of carbonyl (C=O) groups excluding carboxylic acids is 2. The SMILES string of the molecule is CN(C(=O)N[C@@](Cc1ccccc1)(c1cc(F)cc(OC(F)(F)C(F)F)c1)c1ccc(F)c(C(F)(F)F)c1)C1CCCC1.CNC1CCCC1.O=C(NC1CCCC1)N[C@@](Cc1ccccc1)(c1cc(F)cc(OC(F)(F)C(F)F)c1)c1ccc(F)c(C(F)(F)F)c1. The Morgan fingerprint density at radius 2 is 0.870 bits per heavy atom. The minimum atomic E-state index is -5.18. The van der Waals surface area contributed by atoms with E-state index in [0.717, 1.165) is 68.1 Å². The van der Waals surface area contributed by atoms with Gasteiger partial charge in [-0.3, -0.25) is 0 Å². The summed E-state index contributed by atoms with van der Waals surface area (Å²) >= 11 is 0. The molecule has 0 unspecified atom stereocenters. The van der Waals surface area contributed by atoms with Crippen molar-refractivity contribution in [3.8, 4) is 11.5 Å². The molecule has 3 aliphatic rings. The largest absolute Gasteiger partial charge is 0.461 e. The molecule has 0 heterocycles. The zero-order valence-corrected chi connectivity index (χ0v) is 49.4. The van der Waals surface area contributed by atoms with E-state index in [-0.39, 0.29) is 36.1 Å². The number of nitrogens with one attached hydrogen (secondary N) is 4. The Morgan fingerprint density at radius 1 is 0.489 bits per heavy atom. The Labute approximate surface area is 518 Å². The van der Waals surface area contributed by atoms with Gasteiger partial charge in [-0.05, 0) is 127 Å². The first-order chi connectivity index (χ1) is 43.2. The van der Waals surface area contributed by atoms with Crippen molar-refractivity contribution in [1.82, 2.24) is 26.2 Å². The standard InChI is InChI=1S/C30H27F9N2O2.C29H25F9N2O2.C6H13N/c1-41(22-9-5-6-10-22)27(42)40-28(17-18-7-3-2-4-8-18,19-11-12-25(32)24(15-19)29(35,36)37)20-13-21(31)16-23(14-20)43-30(38,39)26(33)34;30-20-12-19(13-22(15-20)42-29(37,38)25(32)33)27(16-17-6-2-1-3-7-17,40-26(41)39-21-8-4-5-9-21)18-10-11-24(31)23(14-18)28(34,35)36;1-7-6-4-2-3-5-6/h2-4,7-8,11-16,22,26H,5-6,9-10,17H2,1H3,(H,40,42);1-3,6-7,10-15,21,25H,4-5,8-9,16H2,(H2,39,40,41);6-7H,2-5H2,1H3/t28-;27-;/m11./s1. The highest BCUT2D eigenvalue weighted by Gasteiger charge is 2.48. The average molecular weight is 1320 g/mol. The van der Waals surface area contributed by atoms with Crippen LogP contribution in [-0.4, -0.2) is 74.3 Å². The summed E-state index contributed by atoms with van der Waals surface area (Å²) in [6.07, 6.45) is -18.3. The van der Waals surface area contributed by atoms with Crippen molar-refractivity contribution >= 4 is 12.1 Å². The van der Waals surface area contributed by atoms with Gasteiger partial charge in [-0.15, -0.1) is 0 Å². The summed E-state index contributed by atoms with van der Waals surface area (Å²) in [5, 5.41) is 11.2. The number of hydrogen-bond acceptors (Lipinski definition) is 5. The van der Waals surface area contributed by atoms with E-state index in [1.54, 1.807) is 60.7 Å². The summed E-state index contributed by atoms with van der Waals surface area (Å²) in [5.41, 5.74) is -8.55. The van der Waals surface area contributed by atoms with E-state index in [0.29, 0.717) is 73.2 Å². The molecule has 0 bridgehead atoms. The summed E-state index contributed by atoms with van der Waals surface area (Å²) in [4.78, 5) is 28.4.